The number of nitro benzene ring substituents is 2. The van der Waals surface area contributed by atoms with Crippen LogP contribution in [0.2, 0.25) is 5.02 Å². The molecule has 0 saturated heterocycles. The number of carbonyl (C=O) groups excluding carboxylic acids is 1. The summed E-state index contributed by atoms with van der Waals surface area (Å²) in [5, 5.41) is 26.2. The number of nitrogens with zero attached hydrogens (tertiary/aromatic N) is 4. The highest BCUT2D eigenvalue weighted by Gasteiger charge is 2.31. The first-order valence-electron chi connectivity index (χ1n) is 8.63. The number of ketones is 1. The normalized spacial score (nSPS) is 11.2. The lowest BCUT2D eigenvalue weighted by Gasteiger charge is -2.09. The number of nitro groups is 2. The van der Waals surface area contributed by atoms with Gasteiger partial charge < -0.3 is 4.18 Å². The maximum Gasteiger partial charge on any atom is 0.340 e. The number of halogens is 1. The summed E-state index contributed by atoms with van der Waals surface area (Å²) < 4.78 is 31.5. The first kappa shape index (κ1) is 22.8. The quantitative estimate of drug-likeness (QED) is 0.213. The van der Waals surface area contributed by atoms with Crippen molar-refractivity contribution in [1.29, 1.82) is 0 Å². The number of hydrogen-bond acceptors (Lipinski definition) is 9. The van der Waals surface area contributed by atoms with Crippen LogP contribution in [0.25, 0.3) is 0 Å². The minimum Gasteiger partial charge on any atom is -0.358 e. The van der Waals surface area contributed by atoms with Gasteiger partial charge in [-0.3, -0.25) is 25.0 Å². The second kappa shape index (κ2) is 8.36. The van der Waals surface area contributed by atoms with Crippen molar-refractivity contribution >= 4 is 38.9 Å². The zero-order valence-electron chi connectivity index (χ0n) is 16.4. The van der Waals surface area contributed by atoms with Gasteiger partial charge in [0.1, 0.15) is 16.0 Å². The molecule has 1 heterocycles. The number of aryl methyl sites for hydroxylation is 2. The zero-order valence-corrected chi connectivity index (χ0v) is 18.0. The van der Waals surface area contributed by atoms with Crippen LogP contribution in [0.15, 0.2) is 47.4 Å². The number of rotatable bonds is 7. The summed E-state index contributed by atoms with van der Waals surface area (Å²) in [6, 6.07) is 7.28. The van der Waals surface area contributed by atoms with E-state index in [0.29, 0.717) is 0 Å². The molecule has 2 aromatic carbocycles. The average Bonchev–Trinajstić information content (AvgIpc) is 2.99. The van der Waals surface area contributed by atoms with Gasteiger partial charge in [0.25, 0.3) is 11.4 Å². The van der Waals surface area contributed by atoms with Gasteiger partial charge in [-0.05, 0) is 31.2 Å². The predicted molar refractivity (Wildman–Crippen MR) is 110 cm³/mol. The Morgan fingerprint density at radius 1 is 1.09 bits per heavy atom. The van der Waals surface area contributed by atoms with Crippen LogP contribution < -0.4 is 4.18 Å². The van der Waals surface area contributed by atoms with E-state index in [1.165, 1.54) is 20.0 Å². The minimum atomic E-state index is -4.53. The Bertz CT molecular complexity index is 1370. The molecule has 3 rings (SSSR count). The molecule has 0 radical (unpaired) electrons. The third-order valence-corrected chi connectivity index (χ3v) is 5.78. The molecule has 32 heavy (non-hydrogen) atoms. The number of hydrogen-bond donors (Lipinski definition) is 0. The molecule has 3 aromatic rings. The van der Waals surface area contributed by atoms with Gasteiger partial charge in [0, 0.05) is 30.3 Å². The predicted octanol–water partition coefficient (Wildman–Crippen LogP) is 3.20. The van der Waals surface area contributed by atoms with Crippen molar-refractivity contribution in [3.8, 4) is 5.88 Å². The van der Waals surface area contributed by atoms with Gasteiger partial charge in [-0.15, -0.1) is 0 Å². The average molecular weight is 481 g/mol. The molecule has 0 spiro atoms. The highest BCUT2D eigenvalue weighted by molar-refractivity contribution is 7.87. The lowest BCUT2D eigenvalue weighted by molar-refractivity contribution is -0.385. The largest absolute Gasteiger partial charge is 0.358 e. The van der Waals surface area contributed by atoms with Crippen LogP contribution in [0.3, 0.4) is 0 Å². The van der Waals surface area contributed by atoms with Crippen molar-refractivity contribution < 1.29 is 27.2 Å². The highest BCUT2D eigenvalue weighted by Crippen LogP contribution is 2.32. The molecule has 0 N–H and O–H groups in total. The van der Waals surface area contributed by atoms with E-state index >= 15 is 0 Å². The topological polar surface area (TPSA) is 165 Å². The van der Waals surface area contributed by atoms with Gasteiger partial charge in [-0.1, -0.05) is 11.6 Å². The third-order valence-electron chi connectivity index (χ3n) is 4.32. The Morgan fingerprint density at radius 3 is 2.28 bits per heavy atom. The molecule has 0 aliphatic carbocycles. The van der Waals surface area contributed by atoms with Crippen LogP contribution >= 0.6 is 11.6 Å². The van der Waals surface area contributed by atoms with E-state index in [-0.39, 0.29) is 27.5 Å². The summed E-state index contributed by atoms with van der Waals surface area (Å²) in [5.74, 6) is -1.40. The van der Waals surface area contributed by atoms with Crippen LogP contribution in [-0.2, 0) is 17.2 Å². The molecule has 1 aromatic heterocycles. The van der Waals surface area contributed by atoms with E-state index in [9.17, 15) is 33.4 Å². The van der Waals surface area contributed by atoms with Crippen molar-refractivity contribution in [2.24, 2.45) is 7.05 Å². The standard InChI is InChI=1S/C18H13ClN4O8S/c1-10-16(17(24)14-9-11(19)3-8-15(14)23(27)28)18(21(2)20-10)31-32(29,30)13-6-4-12(5-7-13)22(25)26/h3-9H,1-2H3. The smallest absolute Gasteiger partial charge is 0.340 e. The fraction of sp³-hybridized carbons (Fsp3) is 0.111. The minimum absolute atomic E-state index is 0.0562. The van der Waals surface area contributed by atoms with Crippen molar-refractivity contribution in [2.75, 3.05) is 0 Å². The van der Waals surface area contributed by atoms with Gasteiger partial charge in [0.15, 0.2) is 0 Å². The monoisotopic (exact) mass is 480 g/mol. The second-order valence-corrected chi connectivity index (χ2v) is 8.41. The van der Waals surface area contributed by atoms with E-state index in [0.717, 1.165) is 41.1 Å². The SMILES string of the molecule is Cc1nn(C)c(OS(=O)(=O)c2ccc([N+](=O)[O-])cc2)c1C(=O)c1cc(Cl)ccc1[N+](=O)[O-]. The molecule has 0 atom stereocenters. The summed E-state index contributed by atoms with van der Waals surface area (Å²) in [5.41, 5.74) is -1.50. The summed E-state index contributed by atoms with van der Waals surface area (Å²) >= 11 is 5.89. The van der Waals surface area contributed by atoms with E-state index < -0.39 is 42.2 Å². The molecule has 0 bridgehead atoms. The van der Waals surface area contributed by atoms with Crippen LogP contribution in [0.1, 0.15) is 21.6 Å². The Labute approximate surface area is 185 Å². The van der Waals surface area contributed by atoms with Crippen molar-refractivity contribution in [3.05, 3.63) is 84.5 Å². The van der Waals surface area contributed by atoms with Gasteiger partial charge >= 0.3 is 10.1 Å². The first-order valence-corrected chi connectivity index (χ1v) is 10.4. The molecular formula is C18H13ClN4O8S. The summed E-state index contributed by atoms with van der Waals surface area (Å²) in [7, 11) is -3.22. The fourth-order valence-electron chi connectivity index (χ4n) is 2.86. The molecule has 12 nitrogen and oxygen atoms in total. The van der Waals surface area contributed by atoms with Gasteiger partial charge in [0.05, 0.1) is 15.5 Å². The van der Waals surface area contributed by atoms with Crippen molar-refractivity contribution in [3.63, 3.8) is 0 Å². The fourth-order valence-corrected chi connectivity index (χ4v) is 4.00. The van der Waals surface area contributed by atoms with Gasteiger partial charge in [0.2, 0.25) is 11.7 Å². The molecule has 0 saturated carbocycles. The van der Waals surface area contributed by atoms with Crippen molar-refractivity contribution in [1.82, 2.24) is 9.78 Å². The molecule has 0 aliphatic heterocycles. The molecule has 0 fully saturated rings. The second-order valence-electron chi connectivity index (χ2n) is 6.43. The van der Waals surface area contributed by atoms with Crippen LogP contribution in [0.5, 0.6) is 5.88 Å². The number of non-ortho nitro benzene ring substituents is 1. The Balaban J connectivity index is 2.08. The lowest BCUT2D eigenvalue weighted by Crippen LogP contribution is -2.15. The summed E-state index contributed by atoms with van der Waals surface area (Å²) in [6.45, 7) is 1.40. The Hall–Kier alpha value is -3.84. The third kappa shape index (κ3) is 4.29. The number of aromatic nitrogens is 2. The van der Waals surface area contributed by atoms with E-state index in [4.69, 9.17) is 15.8 Å². The molecular weight excluding hydrogens is 468 g/mol. The molecule has 0 amide bonds. The van der Waals surface area contributed by atoms with E-state index in [1.54, 1.807) is 0 Å². The van der Waals surface area contributed by atoms with Crippen LogP contribution in [0, 0.1) is 27.2 Å². The highest BCUT2D eigenvalue weighted by atomic mass is 35.5. The van der Waals surface area contributed by atoms with Gasteiger partial charge in [-0.2, -0.15) is 13.5 Å². The molecule has 166 valence electrons. The summed E-state index contributed by atoms with van der Waals surface area (Å²) in [4.78, 5) is 33.4. The van der Waals surface area contributed by atoms with Crippen LogP contribution in [-0.4, -0.2) is 33.8 Å². The maximum absolute atomic E-state index is 13.2. The Morgan fingerprint density at radius 2 is 1.72 bits per heavy atom. The number of benzene rings is 2. The lowest BCUT2D eigenvalue weighted by atomic mass is 10.0. The van der Waals surface area contributed by atoms with Gasteiger partial charge in [-0.25, -0.2) is 4.68 Å². The van der Waals surface area contributed by atoms with E-state index in [2.05, 4.69) is 5.10 Å². The maximum atomic E-state index is 13.2. The zero-order chi connectivity index (χ0) is 23.8. The van der Waals surface area contributed by atoms with E-state index in [1.807, 2.05) is 0 Å². The van der Waals surface area contributed by atoms with Crippen LogP contribution in [0.4, 0.5) is 11.4 Å². The Kier molecular flexibility index (Phi) is 5.96. The first-order chi connectivity index (χ1) is 14.9. The van der Waals surface area contributed by atoms with Crippen molar-refractivity contribution in [2.45, 2.75) is 11.8 Å². The summed E-state index contributed by atoms with van der Waals surface area (Å²) in [6.07, 6.45) is 0. The molecule has 14 heteroatoms. The molecule has 0 aliphatic rings. The number of carbonyl (C=O) groups is 1. The molecule has 0 unspecified atom stereocenters.